The summed E-state index contributed by atoms with van der Waals surface area (Å²) in [6.07, 6.45) is 0.515. The van der Waals surface area contributed by atoms with Crippen molar-refractivity contribution < 1.29 is 28.6 Å². The minimum absolute atomic E-state index is 0.136. The Labute approximate surface area is 92.2 Å². The smallest absolute Gasteiger partial charge is 0.303 e. The van der Waals surface area contributed by atoms with Crippen molar-refractivity contribution in [2.75, 3.05) is 6.61 Å². The fourth-order valence-electron chi connectivity index (χ4n) is 1.20. The molecule has 1 heterocycles. The molecule has 16 heavy (non-hydrogen) atoms. The van der Waals surface area contributed by atoms with Gasteiger partial charge in [-0.15, -0.1) is 0 Å². The molecule has 88 valence electrons. The minimum Gasteiger partial charge on any atom is -0.490 e. The zero-order chi connectivity index (χ0) is 12.1. The second kappa shape index (κ2) is 5.29. The zero-order valence-electron chi connectivity index (χ0n) is 8.97. The van der Waals surface area contributed by atoms with E-state index in [-0.39, 0.29) is 6.61 Å². The molecule has 0 N–H and O–H groups in total. The van der Waals surface area contributed by atoms with Gasteiger partial charge in [-0.1, -0.05) is 0 Å². The molecule has 1 aliphatic rings. The largest absolute Gasteiger partial charge is 0.490 e. The lowest BCUT2D eigenvalue weighted by atomic mass is 10.1. The number of esters is 2. The van der Waals surface area contributed by atoms with Crippen molar-refractivity contribution >= 4 is 17.7 Å². The highest BCUT2D eigenvalue weighted by atomic mass is 16.6. The summed E-state index contributed by atoms with van der Waals surface area (Å²) in [5.41, 5.74) is 0. The zero-order valence-corrected chi connectivity index (χ0v) is 8.97. The van der Waals surface area contributed by atoms with Crippen molar-refractivity contribution in [1.82, 2.24) is 0 Å². The van der Waals surface area contributed by atoms with Gasteiger partial charge in [-0.05, 0) is 0 Å². The minimum atomic E-state index is -1.05. The van der Waals surface area contributed by atoms with Gasteiger partial charge in [0.15, 0.2) is 6.10 Å². The third kappa shape index (κ3) is 3.38. The molecule has 0 spiro atoms. The van der Waals surface area contributed by atoms with Gasteiger partial charge in [0.2, 0.25) is 11.9 Å². The summed E-state index contributed by atoms with van der Waals surface area (Å²) >= 11 is 0. The Hall–Kier alpha value is -1.85. The van der Waals surface area contributed by atoms with E-state index in [1.807, 2.05) is 0 Å². The molecule has 0 saturated heterocycles. The first kappa shape index (κ1) is 12.2. The van der Waals surface area contributed by atoms with E-state index in [0.717, 1.165) is 6.08 Å². The van der Waals surface area contributed by atoms with Crippen LogP contribution in [-0.4, -0.2) is 36.5 Å². The van der Waals surface area contributed by atoms with Gasteiger partial charge in [-0.3, -0.25) is 14.4 Å². The highest BCUT2D eigenvalue weighted by Crippen LogP contribution is 2.13. The first-order valence-corrected chi connectivity index (χ1v) is 4.67. The van der Waals surface area contributed by atoms with Gasteiger partial charge in [-0.25, -0.2) is 0 Å². The van der Waals surface area contributed by atoms with Crippen LogP contribution in [-0.2, 0) is 28.6 Å². The molecule has 0 saturated carbocycles. The summed E-state index contributed by atoms with van der Waals surface area (Å²) in [5.74, 6) is -1.48. The summed E-state index contributed by atoms with van der Waals surface area (Å²) in [6, 6.07) is 0. The van der Waals surface area contributed by atoms with E-state index in [9.17, 15) is 14.4 Å². The maximum absolute atomic E-state index is 11.4. The van der Waals surface area contributed by atoms with Gasteiger partial charge in [0.25, 0.3) is 0 Å². The molecule has 0 radical (unpaired) electrons. The maximum atomic E-state index is 11.4. The normalized spacial score (nSPS) is 23.5. The Kier molecular flexibility index (Phi) is 4.04. The molecular weight excluding hydrogens is 216 g/mol. The molecule has 2 atom stereocenters. The van der Waals surface area contributed by atoms with Crippen molar-refractivity contribution in [3.05, 3.63) is 12.3 Å². The van der Waals surface area contributed by atoms with Crippen LogP contribution < -0.4 is 0 Å². The topological polar surface area (TPSA) is 78.9 Å². The van der Waals surface area contributed by atoms with Gasteiger partial charge >= 0.3 is 11.9 Å². The second-order valence-electron chi connectivity index (χ2n) is 3.21. The maximum Gasteiger partial charge on any atom is 0.303 e. The number of rotatable bonds is 3. The predicted octanol–water partition coefficient (Wildman–Crippen LogP) is -0.0372. The number of ether oxygens (including phenoxy) is 3. The monoisotopic (exact) mass is 228 g/mol. The molecule has 1 rings (SSSR count). The summed E-state index contributed by atoms with van der Waals surface area (Å²) in [7, 11) is 0. The Morgan fingerprint density at radius 2 is 2.06 bits per heavy atom. The molecular formula is C10H12O6. The van der Waals surface area contributed by atoms with Crippen molar-refractivity contribution in [3.8, 4) is 0 Å². The van der Waals surface area contributed by atoms with Gasteiger partial charge in [0, 0.05) is 19.9 Å². The molecule has 1 aliphatic heterocycles. The summed E-state index contributed by atoms with van der Waals surface area (Å²) in [5, 5.41) is 0. The fraction of sp³-hybridized carbons (Fsp3) is 0.500. The van der Waals surface area contributed by atoms with Crippen LogP contribution in [0.25, 0.3) is 0 Å². The molecule has 0 aromatic carbocycles. The van der Waals surface area contributed by atoms with Crippen molar-refractivity contribution in [2.45, 2.75) is 26.1 Å². The Morgan fingerprint density at radius 3 is 2.62 bits per heavy atom. The lowest BCUT2D eigenvalue weighted by Crippen LogP contribution is -2.43. The molecule has 6 heteroatoms. The van der Waals surface area contributed by atoms with Gasteiger partial charge in [0.1, 0.15) is 6.61 Å². The highest BCUT2D eigenvalue weighted by Gasteiger charge is 2.34. The van der Waals surface area contributed by atoms with Crippen molar-refractivity contribution in [2.24, 2.45) is 0 Å². The summed E-state index contributed by atoms with van der Waals surface area (Å²) in [4.78, 5) is 32.8. The van der Waals surface area contributed by atoms with Crippen molar-refractivity contribution in [1.29, 1.82) is 0 Å². The first-order valence-electron chi connectivity index (χ1n) is 4.67. The highest BCUT2D eigenvalue weighted by molar-refractivity contribution is 5.95. The first-order chi connectivity index (χ1) is 7.50. The SMILES string of the molecule is CC(=O)OC[C@H]1OC=CC(=O)[C@@H]1OC(C)=O. The fourth-order valence-corrected chi connectivity index (χ4v) is 1.20. The van der Waals surface area contributed by atoms with Crippen LogP contribution in [0.3, 0.4) is 0 Å². The average molecular weight is 228 g/mol. The lowest BCUT2D eigenvalue weighted by Gasteiger charge is -2.26. The third-order valence-electron chi connectivity index (χ3n) is 1.85. The van der Waals surface area contributed by atoms with E-state index in [2.05, 4.69) is 0 Å². The van der Waals surface area contributed by atoms with E-state index >= 15 is 0 Å². The van der Waals surface area contributed by atoms with E-state index in [1.165, 1.54) is 20.1 Å². The van der Waals surface area contributed by atoms with E-state index < -0.39 is 29.9 Å². The Balaban J connectivity index is 2.64. The molecule has 0 aliphatic carbocycles. The number of hydrogen-bond acceptors (Lipinski definition) is 6. The Bertz CT molecular complexity index is 332. The average Bonchev–Trinajstić information content (AvgIpc) is 2.18. The number of ketones is 1. The van der Waals surface area contributed by atoms with Gasteiger partial charge < -0.3 is 14.2 Å². The van der Waals surface area contributed by atoms with E-state index in [0.29, 0.717) is 0 Å². The molecule has 0 unspecified atom stereocenters. The van der Waals surface area contributed by atoms with Crippen LogP contribution in [0.15, 0.2) is 12.3 Å². The van der Waals surface area contributed by atoms with Crippen molar-refractivity contribution in [3.63, 3.8) is 0 Å². The lowest BCUT2D eigenvalue weighted by molar-refractivity contribution is -0.165. The predicted molar refractivity (Wildman–Crippen MR) is 51.2 cm³/mol. The van der Waals surface area contributed by atoms with Crippen LogP contribution in [0.2, 0.25) is 0 Å². The molecule has 6 nitrogen and oxygen atoms in total. The third-order valence-corrected chi connectivity index (χ3v) is 1.85. The standard InChI is InChI=1S/C10H12O6/c1-6(11)15-5-9-10(16-7(2)12)8(13)3-4-14-9/h3-4,9-10H,5H2,1-2H3/t9-,10+/m1/s1. The molecule has 0 bridgehead atoms. The van der Waals surface area contributed by atoms with Gasteiger partial charge in [-0.2, -0.15) is 0 Å². The van der Waals surface area contributed by atoms with Crippen LogP contribution in [0, 0.1) is 0 Å². The number of hydrogen-bond donors (Lipinski definition) is 0. The molecule has 0 aromatic heterocycles. The van der Waals surface area contributed by atoms with Crippen LogP contribution in [0.5, 0.6) is 0 Å². The second-order valence-corrected chi connectivity index (χ2v) is 3.21. The Morgan fingerprint density at radius 1 is 1.38 bits per heavy atom. The van der Waals surface area contributed by atoms with E-state index in [4.69, 9.17) is 14.2 Å². The van der Waals surface area contributed by atoms with E-state index in [1.54, 1.807) is 0 Å². The van der Waals surface area contributed by atoms with Crippen LogP contribution >= 0.6 is 0 Å². The molecule has 0 aromatic rings. The number of carbonyl (C=O) groups is 3. The summed E-state index contributed by atoms with van der Waals surface area (Å²) < 4.78 is 14.5. The molecule has 0 amide bonds. The van der Waals surface area contributed by atoms with Crippen LogP contribution in [0.4, 0.5) is 0 Å². The van der Waals surface area contributed by atoms with Gasteiger partial charge in [0.05, 0.1) is 6.26 Å². The van der Waals surface area contributed by atoms with Crippen LogP contribution in [0.1, 0.15) is 13.8 Å². The quantitative estimate of drug-likeness (QED) is 0.631. The number of carbonyl (C=O) groups excluding carboxylic acids is 3. The molecule has 0 fully saturated rings. The summed E-state index contributed by atoms with van der Waals surface area (Å²) in [6.45, 7) is 2.29.